The zero-order chi connectivity index (χ0) is 18.1. The van der Waals surface area contributed by atoms with E-state index in [0.29, 0.717) is 19.3 Å². The molecular formula is C19H31N3O2. The molecule has 0 radical (unpaired) electrons. The normalized spacial score (nSPS) is 17.8. The van der Waals surface area contributed by atoms with E-state index in [0.717, 1.165) is 18.7 Å². The molecule has 0 saturated carbocycles. The van der Waals surface area contributed by atoms with E-state index >= 15 is 0 Å². The molecule has 0 aromatic heterocycles. The van der Waals surface area contributed by atoms with Crippen LogP contribution in [0.15, 0.2) is 6.07 Å². The fourth-order valence-corrected chi connectivity index (χ4v) is 3.52. The van der Waals surface area contributed by atoms with Gasteiger partial charge in [-0.05, 0) is 68.4 Å². The first-order valence-corrected chi connectivity index (χ1v) is 8.60. The SMILES string of the molecule is CON1CCC(N)(N(C)C(=O)Cc2c(C)cc(C)c(C)c2C)CC1. The third-order valence-electron chi connectivity index (χ3n) is 5.73. The lowest BCUT2D eigenvalue weighted by Gasteiger charge is -2.44. The van der Waals surface area contributed by atoms with E-state index in [1.807, 2.05) is 12.1 Å². The van der Waals surface area contributed by atoms with E-state index in [-0.39, 0.29) is 5.91 Å². The molecule has 1 amide bonds. The molecule has 1 aliphatic rings. The third kappa shape index (κ3) is 3.63. The molecule has 1 saturated heterocycles. The van der Waals surface area contributed by atoms with Crippen molar-refractivity contribution in [2.45, 2.75) is 52.6 Å². The third-order valence-corrected chi connectivity index (χ3v) is 5.73. The molecule has 1 fully saturated rings. The quantitative estimate of drug-likeness (QED) is 0.859. The van der Waals surface area contributed by atoms with Crippen molar-refractivity contribution in [3.05, 3.63) is 33.9 Å². The van der Waals surface area contributed by atoms with Crippen molar-refractivity contribution in [2.24, 2.45) is 5.73 Å². The number of rotatable bonds is 4. The van der Waals surface area contributed by atoms with Gasteiger partial charge in [-0.25, -0.2) is 0 Å². The summed E-state index contributed by atoms with van der Waals surface area (Å²) < 4.78 is 0. The molecule has 0 atom stereocenters. The summed E-state index contributed by atoms with van der Waals surface area (Å²) in [6, 6.07) is 2.17. The van der Waals surface area contributed by atoms with E-state index < -0.39 is 5.66 Å². The smallest absolute Gasteiger partial charge is 0.228 e. The predicted molar refractivity (Wildman–Crippen MR) is 96.6 cm³/mol. The number of piperidine rings is 1. The predicted octanol–water partition coefficient (Wildman–Crippen LogP) is 2.23. The van der Waals surface area contributed by atoms with Gasteiger partial charge in [0, 0.05) is 20.1 Å². The van der Waals surface area contributed by atoms with Crippen molar-refractivity contribution in [3.63, 3.8) is 0 Å². The second-order valence-corrected chi connectivity index (χ2v) is 7.08. The van der Waals surface area contributed by atoms with E-state index in [9.17, 15) is 4.79 Å². The van der Waals surface area contributed by atoms with Crippen LogP contribution in [0.5, 0.6) is 0 Å². The highest BCUT2D eigenvalue weighted by molar-refractivity contribution is 5.80. The Labute approximate surface area is 145 Å². The number of hydrogen-bond acceptors (Lipinski definition) is 4. The van der Waals surface area contributed by atoms with Crippen LogP contribution in [0.1, 0.15) is 40.7 Å². The molecule has 1 aromatic carbocycles. The van der Waals surface area contributed by atoms with Crippen LogP contribution >= 0.6 is 0 Å². The van der Waals surface area contributed by atoms with Crippen LogP contribution in [-0.4, -0.2) is 48.8 Å². The molecule has 1 aliphatic heterocycles. The molecule has 5 nitrogen and oxygen atoms in total. The van der Waals surface area contributed by atoms with Crippen LogP contribution in [0.4, 0.5) is 0 Å². The van der Waals surface area contributed by atoms with E-state index in [2.05, 4.69) is 33.8 Å². The highest BCUT2D eigenvalue weighted by atomic mass is 16.7. The van der Waals surface area contributed by atoms with Crippen molar-refractivity contribution < 1.29 is 9.63 Å². The largest absolute Gasteiger partial charge is 0.327 e. The van der Waals surface area contributed by atoms with Crippen LogP contribution < -0.4 is 5.73 Å². The van der Waals surface area contributed by atoms with Gasteiger partial charge in [-0.3, -0.25) is 4.79 Å². The average molecular weight is 333 g/mol. The number of amides is 1. The van der Waals surface area contributed by atoms with Crippen LogP contribution in [-0.2, 0) is 16.1 Å². The molecule has 1 heterocycles. The van der Waals surface area contributed by atoms with Gasteiger partial charge in [0.1, 0.15) is 0 Å². The number of hydroxylamine groups is 2. The second kappa shape index (κ2) is 7.21. The van der Waals surface area contributed by atoms with Crippen LogP contribution in [0.3, 0.4) is 0 Å². The van der Waals surface area contributed by atoms with Gasteiger partial charge in [0.2, 0.25) is 5.91 Å². The van der Waals surface area contributed by atoms with Crippen molar-refractivity contribution in [3.8, 4) is 0 Å². The average Bonchev–Trinajstić information content (AvgIpc) is 2.56. The molecule has 5 heteroatoms. The summed E-state index contributed by atoms with van der Waals surface area (Å²) in [5, 5.41) is 1.89. The Morgan fingerprint density at radius 2 is 1.79 bits per heavy atom. The molecule has 0 unspecified atom stereocenters. The first-order chi connectivity index (χ1) is 11.2. The number of carbonyl (C=O) groups excluding carboxylic acids is 1. The highest BCUT2D eigenvalue weighted by Gasteiger charge is 2.37. The van der Waals surface area contributed by atoms with Gasteiger partial charge in [-0.2, -0.15) is 5.06 Å². The lowest BCUT2D eigenvalue weighted by atomic mass is 9.91. The van der Waals surface area contributed by atoms with Crippen LogP contribution in [0, 0.1) is 27.7 Å². The molecule has 2 N–H and O–H groups in total. The molecule has 24 heavy (non-hydrogen) atoms. The monoisotopic (exact) mass is 333 g/mol. The minimum absolute atomic E-state index is 0.0813. The number of nitrogens with zero attached hydrogens (tertiary/aromatic N) is 2. The minimum atomic E-state index is -0.590. The van der Waals surface area contributed by atoms with Gasteiger partial charge in [0.05, 0.1) is 19.2 Å². The molecule has 0 spiro atoms. The second-order valence-electron chi connectivity index (χ2n) is 7.08. The summed E-state index contributed by atoms with van der Waals surface area (Å²) in [5.74, 6) is 0.0813. The van der Waals surface area contributed by atoms with E-state index in [1.165, 1.54) is 22.3 Å². The van der Waals surface area contributed by atoms with Gasteiger partial charge < -0.3 is 15.5 Å². The Balaban J connectivity index is 2.14. The first kappa shape index (κ1) is 18.9. The number of hydrogen-bond donors (Lipinski definition) is 1. The Bertz CT molecular complexity index is 620. The molecule has 2 rings (SSSR count). The molecular weight excluding hydrogens is 302 g/mol. The maximum atomic E-state index is 12.9. The van der Waals surface area contributed by atoms with E-state index in [4.69, 9.17) is 10.6 Å². The Morgan fingerprint density at radius 3 is 2.33 bits per heavy atom. The van der Waals surface area contributed by atoms with Crippen molar-refractivity contribution in [1.29, 1.82) is 0 Å². The number of aryl methyl sites for hydroxylation is 2. The van der Waals surface area contributed by atoms with Crippen LogP contribution in [0.2, 0.25) is 0 Å². The zero-order valence-corrected chi connectivity index (χ0v) is 15.9. The topological polar surface area (TPSA) is 58.8 Å². The molecule has 0 bridgehead atoms. The van der Waals surface area contributed by atoms with Gasteiger partial charge in [0.25, 0.3) is 0 Å². The van der Waals surface area contributed by atoms with Crippen molar-refractivity contribution >= 4 is 5.91 Å². The van der Waals surface area contributed by atoms with Crippen LogP contribution in [0.25, 0.3) is 0 Å². The lowest BCUT2D eigenvalue weighted by Crippen LogP contribution is -2.61. The summed E-state index contributed by atoms with van der Waals surface area (Å²) >= 11 is 0. The Morgan fingerprint density at radius 1 is 1.21 bits per heavy atom. The fourth-order valence-electron chi connectivity index (χ4n) is 3.52. The summed E-state index contributed by atoms with van der Waals surface area (Å²) in [6.07, 6.45) is 1.84. The number of likely N-dealkylation sites (N-methyl/N-ethyl adjacent to an activating group) is 1. The summed E-state index contributed by atoms with van der Waals surface area (Å²) in [5.41, 5.74) is 12.0. The molecule has 1 aromatic rings. The molecule has 0 aliphatic carbocycles. The van der Waals surface area contributed by atoms with Gasteiger partial charge in [-0.1, -0.05) is 6.07 Å². The maximum Gasteiger partial charge on any atom is 0.228 e. The van der Waals surface area contributed by atoms with E-state index in [1.54, 1.807) is 12.0 Å². The summed E-state index contributed by atoms with van der Waals surface area (Å²) in [6.45, 7) is 9.90. The van der Waals surface area contributed by atoms with Crippen molar-refractivity contribution in [1.82, 2.24) is 9.96 Å². The summed E-state index contributed by atoms with van der Waals surface area (Å²) in [4.78, 5) is 19.9. The summed E-state index contributed by atoms with van der Waals surface area (Å²) in [7, 11) is 3.50. The molecule has 134 valence electrons. The lowest BCUT2D eigenvalue weighted by molar-refractivity contribution is -0.166. The number of nitrogens with two attached hydrogens (primary N) is 1. The fraction of sp³-hybridized carbons (Fsp3) is 0.632. The van der Waals surface area contributed by atoms with Gasteiger partial charge in [-0.15, -0.1) is 0 Å². The highest BCUT2D eigenvalue weighted by Crippen LogP contribution is 2.26. The minimum Gasteiger partial charge on any atom is -0.327 e. The Kier molecular flexibility index (Phi) is 5.68. The standard InChI is InChI=1S/C19H31N3O2/c1-13-11-14(2)17(16(4)15(13)3)12-18(23)21(5)19(20)7-9-22(24-6)10-8-19/h11H,7-10,12,20H2,1-6H3. The van der Waals surface area contributed by atoms with Gasteiger partial charge >= 0.3 is 0 Å². The first-order valence-electron chi connectivity index (χ1n) is 8.60. The Hall–Kier alpha value is -1.43. The number of benzene rings is 1. The van der Waals surface area contributed by atoms with Crippen molar-refractivity contribution in [2.75, 3.05) is 27.2 Å². The van der Waals surface area contributed by atoms with Gasteiger partial charge in [0.15, 0.2) is 0 Å². The number of carbonyl (C=O) groups is 1. The zero-order valence-electron chi connectivity index (χ0n) is 15.9. The maximum absolute atomic E-state index is 12.9.